The first kappa shape index (κ1) is 10.6. The van der Waals surface area contributed by atoms with Crippen LogP contribution in [-0.2, 0) is 10.0 Å². The number of nitrogens with zero attached hydrogens (tertiary/aromatic N) is 1. The van der Waals surface area contributed by atoms with Gasteiger partial charge in [0, 0.05) is 6.20 Å². The molecule has 0 radical (unpaired) electrons. The summed E-state index contributed by atoms with van der Waals surface area (Å²) in [5, 5.41) is -0.295. The number of alkyl halides is 1. The lowest BCUT2D eigenvalue weighted by atomic mass is 10.5. The van der Waals surface area contributed by atoms with Crippen molar-refractivity contribution < 1.29 is 8.42 Å². The Bertz CT molecular complexity index is 393. The Morgan fingerprint density at radius 2 is 2.23 bits per heavy atom. The van der Waals surface area contributed by atoms with Gasteiger partial charge in [-0.1, -0.05) is 11.6 Å². The fraction of sp³-hybridized carbons (Fsp3) is 0.167. The van der Waals surface area contributed by atoms with E-state index in [0.717, 1.165) is 0 Å². The molecule has 4 nitrogen and oxygen atoms in total. The predicted molar refractivity (Wildman–Crippen MR) is 52.5 cm³/mol. The average Bonchev–Trinajstić information content (AvgIpc) is 2.09. The Hall–Kier alpha value is -0.520. The lowest BCUT2D eigenvalue weighted by molar-refractivity contribution is 0.605. The van der Waals surface area contributed by atoms with Crippen molar-refractivity contribution in [3.8, 4) is 0 Å². The maximum atomic E-state index is 11.0. The van der Waals surface area contributed by atoms with Crippen molar-refractivity contribution >= 4 is 39.0 Å². The van der Waals surface area contributed by atoms with E-state index in [2.05, 4.69) is 9.71 Å². The van der Waals surface area contributed by atoms with Crippen molar-refractivity contribution in [1.82, 2.24) is 4.98 Å². The number of rotatable bonds is 3. The first-order valence-corrected chi connectivity index (χ1v) is 5.78. The summed E-state index contributed by atoms with van der Waals surface area (Å²) in [6.07, 6.45) is 1.43. The van der Waals surface area contributed by atoms with Crippen molar-refractivity contribution in [2.24, 2.45) is 0 Å². The summed E-state index contributed by atoms with van der Waals surface area (Å²) in [7, 11) is -3.53. The molecule has 0 spiro atoms. The maximum absolute atomic E-state index is 11.0. The molecule has 0 amide bonds. The molecule has 0 aromatic carbocycles. The Morgan fingerprint density at radius 3 is 2.77 bits per heavy atom. The highest BCUT2D eigenvalue weighted by Crippen LogP contribution is 2.18. The van der Waals surface area contributed by atoms with Crippen LogP contribution in [0.1, 0.15) is 0 Å². The normalized spacial score (nSPS) is 11.2. The Morgan fingerprint density at radius 1 is 1.54 bits per heavy atom. The largest absolute Gasteiger partial charge is 0.265 e. The third-order valence-corrected chi connectivity index (χ3v) is 3.11. The van der Waals surface area contributed by atoms with E-state index < -0.39 is 15.2 Å². The zero-order chi connectivity index (χ0) is 9.90. The minimum atomic E-state index is -3.53. The van der Waals surface area contributed by atoms with Crippen LogP contribution >= 0.6 is 23.2 Å². The molecular formula is C6H6Cl2N2O2S. The minimum absolute atomic E-state index is 0.0878. The molecule has 72 valence electrons. The van der Waals surface area contributed by atoms with E-state index in [-0.39, 0.29) is 10.8 Å². The highest BCUT2D eigenvalue weighted by atomic mass is 35.5. The van der Waals surface area contributed by atoms with E-state index in [1.807, 2.05) is 0 Å². The molecule has 0 fully saturated rings. The van der Waals surface area contributed by atoms with Crippen LogP contribution in [0.25, 0.3) is 0 Å². The Labute approximate surface area is 85.9 Å². The zero-order valence-electron chi connectivity index (χ0n) is 6.37. The van der Waals surface area contributed by atoms with Gasteiger partial charge in [0.15, 0.2) is 5.82 Å². The Balaban J connectivity index is 2.93. The van der Waals surface area contributed by atoms with Gasteiger partial charge in [-0.2, -0.15) is 0 Å². The average molecular weight is 241 g/mol. The van der Waals surface area contributed by atoms with E-state index in [1.165, 1.54) is 12.3 Å². The number of nitrogens with one attached hydrogen (secondary N) is 1. The van der Waals surface area contributed by atoms with E-state index in [1.54, 1.807) is 6.07 Å². The van der Waals surface area contributed by atoms with Gasteiger partial charge < -0.3 is 0 Å². The molecule has 0 atom stereocenters. The molecular weight excluding hydrogens is 235 g/mol. The molecule has 0 saturated heterocycles. The van der Waals surface area contributed by atoms with Crippen LogP contribution < -0.4 is 4.72 Å². The molecule has 0 bridgehead atoms. The van der Waals surface area contributed by atoms with Crippen molar-refractivity contribution in [3.63, 3.8) is 0 Å². The van der Waals surface area contributed by atoms with Gasteiger partial charge in [0.2, 0.25) is 10.0 Å². The highest BCUT2D eigenvalue weighted by Gasteiger charge is 2.10. The molecule has 0 aliphatic heterocycles. The minimum Gasteiger partial charge on any atom is -0.265 e. The SMILES string of the molecule is O=S(=O)(CCl)Nc1ncccc1Cl. The molecule has 1 rings (SSSR count). The summed E-state index contributed by atoms with van der Waals surface area (Å²) in [5.74, 6) is 0.0878. The van der Waals surface area contributed by atoms with Crippen LogP contribution in [0, 0.1) is 0 Å². The quantitative estimate of drug-likeness (QED) is 0.819. The van der Waals surface area contributed by atoms with E-state index in [0.29, 0.717) is 0 Å². The van der Waals surface area contributed by atoms with Crippen LogP contribution in [0.5, 0.6) is 0 Å². The molecule has 1 aromatic heterocycles. The topological polar surface area (TPSA) is 59.1 Å². The standard InChI is InChI=1S/C6H6Cl2N2O2S/c7-4-13(11,12)10-6-5(8)2-1-3-9-6/h1-3H,4H2,(H,9,10). The van der Waals surface area contributed by atoms with Gasteiger partial charge in [0.05, 0.1) is 5.02 Å². The van der Waals surface area contributed by atoms with Crippen molar-refractivity contribution in [2.45, 2.75) is 0 Å². The van der Waals surface area contributed by atoms with Gasteiger partial charge in [0.1, 0.15) is 5.21 Å². The van der Waals surface area contributed by atoms with E-state index in [9.17, 15) is 8.42 Å². The smallest absolute Gasteiger partial charge is 0.247 e. The van der Waals surface area contributed by atoms with Crippen LogP contribution in [0.3, 0.4) is 0 Å². The van der Waals surface area contributed by atoms with Gasteiger partial charge in [-0.25, -0.2) is 13.4 Å². The summed E-state index contributed by atoms with van der Waals surface area (Å²) in [6, 6.07) is 3.13. The summed E-state index contributed by atoms with van der Waals surface area (Å²) in [5.41, 5.74) is 0. The van der Waals surface area contributed by atoms with Crippen molar-refractivity contribution in [1.29, 1.82) is 0 Å². The van der Waals surface area contributed by atoms with Gasteiger partial charge in [-0.3, -0.25) is 4.72 Å². The van der Waals surface area contributed by atoms with Gasteiger partial charge in [-0.05, 0) is 12.1 Å². The lowest BCUT2D eigenvalue weighted by Gasteiger charge is -2.04. The fourth-order valence-corrected chi connectivity index (χ4v) is 1.54. The molecule has 0 aliphatic carbocycles. The van der Waals surface area contributed by atoms with Crippen LogP contribution in [-0.4, -0.2) is 18.6 Å². The van der Waals surface area contributed by atoms with Crippen LogP contribution in [0.15, 0.2) is 18.3 Å². The van der Waals surface area contributed by atoms with Crippen LogP contribution in [0.2, 0.25) is 5.02 Å². The number of sulfonamides is 1. The number of hydrogen-bond acceptors (Lipinski definition) is 3. The molecule has 1 N–H and O–H groups in total. The monoisotopic (exact) mass is 240 g/mol. The molecule has 13 heavy (non-hydrogen) atoms. The molecule has 1 aromatic rings. The number of pyridine rings is 1. The number of halogens is 2. The summed E-state index contributed by atoms with van der Waals surface area (Å²) < 4.78 is 24.1. The summed E-state index contributed by atoms with van der Waals surface area (Å²) >= 11 is 10.8. The molecule has 0 aliphatic rings. The maximum Gasteiger partial charge on any atom is 0.247 e. The first-order valence-electron chi connectivity index (χ1n) is 3.22. The second-order valence-electron chi connectivity index (χ2n) is 2.16. The third-order valence-electron chi connectivity index (χ3n) is 1.15. The van der Waals surface area contributed by atoms with Gasteiger partial charge >= 0.3 is 0 Å². The number of hydrogen-bond donors (Lipinski definition) is 1. The predicted octanol–water partition coefficient (Wildman–Crippen LogP) is 1.67. The molecule has 7 heteroatoms. The fourth-order valence-electron chi connectivity index (χ4n) is 0.635. The summed E-state index contributed by atoms with van der Waals surface area (Å²) in [6.45, 7) is 0. The van der Waals surface area contributed by atoms with Crippen molar-refractivity contribution in [3.05, 3.63) is 23.4 Å². The van der Waals surface area contributed by atoms with Gasteiger partial charge in [0.25, 0.3) is 0 Å². The summed E-state index contributed by atoms with van der Waals surface area (Å²) in [4.78, 5) is 3.73. The second kappa shape index (κ2) is 4.13. The Kier molecular flexibility index (Phi) is 3.35. The lowest BCUT2D eigenvalue weighted by Crippen LogP contribution is -2.14. The molecule has 0 unspecified atom stereocenters. The van der Waals surface area contributed by atoms with Crippen LogP contribution in [0.4, 0.5) is 5.82 Å². The van der Waals surface area contributed by atoms with E-state index >= 15 is 0 Å². The van der Waals surface area contributed by atoms with Crippen molar-refractivity contribution in [2.75, 3.05) is 9.93 Å². The zero-order valence-corrected chi connectivity index (χ0v) is 8.70. The first-order chi connectivity index (χ1) is 6.05. The van der Waals surface area contributed by atoms with E-state index in [4.69, 9.17) is 23.2 Å². The number of aromatic nitrogens is 1. The third kappa shape index (κ3) is 3.02. The molecule has 0 saturated carbocycles. The molecule has 1 heterocycles. The number of anilines is 1. The van der Waals surface area contributed by atoms with Gasteiger partial charge in [-0.15, -0.1) is 11.6 Å². The highest BCUT2D eigenvalue weighted by molar-refractivity contribution is 7.93. The second-order valence-corrected chi connectivity index (χ2v) is 4.87.